The summed E-state index contributed by atoms with van der Waals surface area (Å²) in [4.78, 5) is 22.6. The standard InChI is InChI=1S/C14H19NO4/c1-11(2)19-14(17)8-9-15-13(16)10-18-12-6-4-3-5-7-12/h3-7,11H,8-10H2,1-2H3,(H,15,16). The number of hydrogen-bond donors (Lipinski definition) is 1. The Kier molecular flexibility index (Phi) is 6.43. The molecule has 1 amide bonds. The molecule has 1 aromatic carbocycles. The molecule has 0 radical (unpaired) electrons. The number of ether oxygens (including phenoxy) is 2. The predicted molar refractivity (Wildman–Crippen MR) is 70.8 cm³/mol. The third-order valence-electron chi connectivity index (χ3n) is 2.13. The van der Waals surface area contributed by atoms with Crippen LogP contribution in [0.25, 0.3) is 0 Å². The fourth-order valence-corrected chi connectivity index (χ4v) is 1.34. The van der Waals surface area contributed by atoms with Gasteiger partial charge in [0, 0.05) is 6.54 Å². The van der Waals surface area contributed by atoms with Crippen LogP contribution in [0, 0.1) is 0 Å². The number of carbonyl (C=O) groups is 2. The summed E-state index contributed by atoms with van der Waals surface area (Å²) in [5, 5.41) is 2.59. The fraction of sp³-hybridized carbons (Fsp3) is 0.429. The number of para-hydroxylation sites is 1. The van der Waals surface area contributed by atoms with Crippen molar-refractivity contribution < 1.29 is 19.1 Å². The van der Waals surface area contributed by atoms with Crippen molar-refractivity contribution >= 4 is 11.9 Å². The number of esters is 1. The number of carbonyl (C=O) groups excluding carboxylic acids is 2. The minimum absolute atomic E-state index is 0.0662. The van der Waals surface area contributed by atoms with Crippen LogP contribution < -0.4 is 10.1 Å². The molecule has 0 aromatic heterocycles. The van der Waals surface area contributed by atoms with Crippen LogP contribution in [0.5, 0.6) is 5.75 Å². The zero-order valence-corrected chi connectivity index (χ0v) is 11.2. The van der Waals surface area contributed by atoms with Crippen molar-refractivity contribution in [3.8, 4) is 5.75 Å². The molecule has 0 atom stereocenters. The molecule has 0 saturated heterocycles. The Morgan fingerprint density at radius 3 is 2.53 bits per heavy atom. The zero-order valence-electron chi connectivity index (χ0n) is 11.2. The van der Waals surface area contributed by atoms with Crippen molar-refractivity contribution in [1.29, 1.82) is 0 Å². The Morgan fingerprint density at radius 1 is 1.21 bits per heavy atom. The maximum atomic E-state index is 11.4. The van der Waals surface area contributed by atoms with Gasteiger partial charge >= 0.3 is 5.97 Å². The normalized spacial score (nSPS) is 10.1. The molecule has 0 spiro atoms. The molecule has 19 heavy (non-hydrogen) atoms. The lowest BCUT2D eigenvalue weighted by Crippen LogP contribution is -2.31. The molecule has 0 heterocycles. The number of hydrogen-bond acceptors (Lipinski definition) is 4. The third-order valence-corrected chi connectivity index (χ3v) is 2.13. The van der Waals surface area contributed by atoms with E-state index in [4.69, 9.17) is 9.47 Å². The van der Waals surface area contributed by atoms with Crippen molar-refractivity contribution in [2.24, 2.45) is 0 Å². The lowest BCUT2D eigenvalue weighted by atomic mass is 10.3. The molecular weight excluding hydrogens is 246 g/mol. The van der Waals surface area contributed by atoms with Gasteiger partial charge in [0.05, 0.1) is 12.5 Å². The Bertz CT molecular complexity index is 403. The second kappa shape index (κ2) is 8.13. The Balaban J connectivity index is 2.13. The fourth-order valence-electron chi connectivity index (χ4n) is 1.34. The molecule has 0 aliphatic carbocycles. The molecular formula is C14H19NO4. The maximum Gasteiger partial charge on any atom is 0.307 e. The summed E-state index contributed by atoms with van der Waals surface area (Å²) in [5.41, 5.74) is 0. The topological polar surface area (TPSA) is 64.6 Å². The summed E-state index contributed by atoms with van der Waals surface area (Å²) in [7, 11) is 0. The van der Waals surface area contributed by atoms with Crippen molar-refractivity contribution in [1.82, 2.24) is 5.32 Å². The molecule has 1 rings (SSSR count). The van der Waals surface area contributed by atoms with Crippen LogP contribution in [0.3, 0.4) is 0 Å². The first kappa shape index (κ1) is 15.0. The van der Waals surface area contributed by atoms with Gasteiger partial charge in [0.25, 0.3) is 5.91 Å². The molecule has 5 heteroatoms. The highest BCUT2D eigenvalue weighted by molar-refractivity contribution is 5.78. The van der Waals surface area contributed by atoms with E-state index in [-0.39, 0.29) is 37.6 Å². The van der Waals surface area contributed by atoms with Crippen LogP contribution in [-0.4, -0.2) is 31.1 Å². The monoisotopic (exact) mass is 265 g/mol. The predicted octanol–water partition coefficient (Wildman–Crippen LogP) is 1.52. The van der Waals surface area contributed by atoms with Gasteiger partial charge in [0.1, 0.15) is 5.75 Å². The Hall–Kier alpha value is -2.04. The van der Waals surface area contributed by atoms with Crippen LogP contribution in [-0.2, 0) is 14.3 Å². The second-order valence-electron chi connectivity index (χ2n) is 4.24. The van der Waals surface area contributed by atoms with Crippen LogP contribution in [0.1, 0.15) is 20.3 Å². The summed E-state index contributed by atoms with van der Waals surface area (Å²) in [5.74, 6) is 0.0531. The Labute approximate surface area is 112 Å². The summed E-state index contributed by atoms with van der Waals surface area (Å²) in [6, 6.07) is 9.07. The average molecular weight is 265 g/mol. The van der Waals surface area contributed by atoms with E-state index in [9.17, 15) is 9.59 Å². The second-order valence-corrected chi connectivity index (χ2v) is 4.24. The van der Waals surface area contributed by atoms with Crippen molar-refractivity contribution in [3.63, 3.8) is 0 Å². The van der Waals surface area contributed by atoms with Gasteiger partial charge < -0.3 is 14.8 Å². The van der Waals surface area contributed by atoms with E-state index in [2.05, 4.69) is 5.32 Å². The first-order valence-electron chi connectivity index (χ1n) is 6.22. The summed E-state index contributed by atoms with van der Waals surface area (Å²) < 4.78 is 10.2. The van der Waals surface area contributed by atoms with Gasteiger partial charge in [-0.15, -0.1) is 0 Å². The molecule has 5 nitrogen and oxygen atoms in total. The summed E-state index contributed by atoms with van der Waals surface area (Å²) in [6.45, 7) is 3.75. The van der Waals surface area contributed by atoms with E-state index < -0.39 is 0 Å². The van der Waals surface area contributed by atoms with Crippen LogP contribution in [0.4, 0.5) is 0 Å². The highest BCUT2D eigenvalue weighted by Crippen LogP contribution is 2.07. The van der Waals surface area contributed by atoms with E-state index in [1.165, 1.54) is 0 Å². The van der Waals surface area contributed by atoms with E-state index in [1.54, 1.807) is 26.0 Å². The number of rotatable bonds is 7. The number of nitrogens with one attached hydrogen (secondary N) is 1. The molecule has 0 aliphatic heterocycles. The van der Waals surface area contributed by atoms with Crippen LogP contribution >= 0.6 is 0 Å². The van der Waals surface area contributed by atoms with Crippen molar-refractivity contribution in [2.75, 3.05) is 13.2 Å². The quantitative estimate of drug-likeness (QED) is 0.759. The molecule has 0 unspecified atom stereocenters. The average Bonchev–Trinajstić information content (AvgIpc) is 2.36. The molecule has 0 fully saturated rings. The Morgan fingerprint density at radius 2 is 1.89 bits per heavy atom. The SMILES string of the molecule is CC(C)OC(=O)CCNC(=O)COc1ccccc1. The van der Waals surface area contributed by atoms with Gasteiger partial charge in [0.15, 0.2) is 6.61 Å². The molecule has 1 N–H and O–H groups in total. The molecule has 1 aromatic rings. The van der Waals surface area contributed by atoms with Crippen LogP contribution in [0.2, 0.25) is 0 Å². The molecule has 0 saturated carbocycles. The van der Waals surface area contributed by atoms with Gasteiger partial charge in [-0.25, -0.2) is 0 Å². The highest BCUT2D eigenvalue weighted by Gasteiger charge is 2.07. The number of benzene rings is 1. The first-order valence-corrected chi connectivity index (χ1v) is 6.22. The van der Waals surface area contributed by atoms with Gasteiger partial charge in [-0.1, -0.05) is 18.2 Å². The molecule has 0 aliphatic rings. The zero-order chi connectivity index (χ0) is 14.1. The van der Waals surface area contributed by atoms with E-state index in [0.29, 0.717) is 5.75 Å². The minimum Gasteiger partial charge on any atom is -0.484 e. The highest BCUT2D eigenvalue weighted by atomic mass is 16.5. The van der Waals surface area contributed by atoms with Gasteiger partial charge in [-0.05, 0) is 26.0 Å². The van der Waals surface area contributed by atoms with Crippen LogP contribution in [0.15, 0.2) is 30.3 Å². The third kappa shape index (κ3) is 7.08. The first-order chi connectivity index (χ1) is 9.08. The van der Waals surface area contributed by atoms with Gasteiger partial charge in [-0.2, -0.15) is 0 Å². The molecule has 0 bridgehead atoms. The van der Waals surface area contributed by atoms with E-state index in [1.807, 2.05) is 18.2 Å². The van der Waals surface area contributed by atoms with Crippen molar-refractivity contribution in [2.45, 2.75) is 26.4 Å². The maximum absolute atomic E-state index is 11.4. The lowest BCUT2D eigenvalue weighted by molar-refractivity contribution is -0.147. The van der Waals surface area contributed by atoms with Crippen molar-refractivity contribution in [3.05, 3.63) is 30.3 Å². The summed E-state index contributed by atoms with van der Waals surface area (Å²) in [6.07, 6.45) is 0.0273. The lowest BCUT2D eigenvalue weighted by Gasteiger charge is -2.09. The van der Waals surface area contributed by atoms with E-state index in [0.717, 1.165) is 0 Å². The minimum atomic E-state index is -0.320. The van der Waals surface area contributed by atoms with Gasteiger partial charge in [0.2, 0.25) is 0 Å². The molecule has 104 valence electrons. The smallest absolute Gasteiger partial charge is 0.307 e. The van der Waals surface area contributed by atoms with E-state index >= 15 is 0 Å². The number of amides is 1. The summed E-state index contributed by atoms with van der Waals surface area (Å²) >= 11 is 0. The van der Waals surface area contributed by atoms with Gasteiger partial charge in [-0.3, -0.25) is 9.59 Å². The largest absolute Gasteiger partial charge is 0.484 e.